The lowest BCUT2D eigenvalue weighted by atomic mass is 10.5. The van der Waals surface area contributed by atoms with Crippen molar-refractivity contribution in [2.45, 2.75) is 19.4 Å². The van der Waals surface area contributed by atoms with Gasteiger partial charge in [0.1, 0.15) is 0 Å². The van der Waals surface area contributed by atoms with Crippen molar-refractivity contribution < 1.29 is 15.1 Å². The number of rotatable bonds is 4. The van der Waals surface area contributed by atoms with E-state index in [4.69, 9.17) is 4.84 Å². The van der Waals surface area contributed by atoms with E-state index >= 15 is 0 Å². The highest BCUT2D eigenvalue weighted by Crippen LogP contribution is 2.03. The van der Waals surface area contributed by atoms with E-state index in [-0.39, 0.29) is 16.8 Å². The van der Waals surface area contributed by atoms with E-state index < -0.39 is 11.6 Å². The molecule has 0 aromatic carbocycles. The number of anilines is 1. The Morgan fingerprint density at radius 1 is 1.44 bits per heavy atom. The number of hydroxylamine groups is 1. The molecule has 18 heavy (non-hydrogen) atoms. The van der Waals surface area contributed by atoms with Crippen molar-refractivity contribution in [3.05, 3.63) is 21.2 Å². The van der Waals surface area contributed by atoms with Crippen LogP contribution in [0.15, 0.2) is 14.8 Å². The molecule has 0 spiro atoms. The summed E-state index contributed by atoms with van der Waals surface area (Å²) in [5.41, 5.74) is -0.749. The number of nitrogens with zero attached hydrogens (tertiary/aromatic N) is 4. The second kappa shape index (κ2) is 4.44. The first kappa shape index (κ1) is 12.6. The van der Waals surface area contributed by atoms with Crippen LogP contribution in [0.25, 0.3) is 0 Å². The average molecular weight is 255 g/mol. The molecule has 0 saturated carbocycles. The quantitative estimate of drug-likeness (QED) is 0.400. The normalized spacial score (nSPS) is 15.8. The van der Waals surface area contributed by atoms with Crippen molar-refractivity contribution >= 4 is 5.95 Å². The molecule has 0 amide bonds. The van der Waals surface area contributed by atoms with Gasteiger partial charge in [0, 0.05) is 7.05 Å². The Bertz CT molecular complexity index is 623. The molecular weight excluding hydrogens is 242 g/mol. The maximum Gasteiger partial charge on any atom is 0.376 e. The van der Waals surface area contributed by atoms with Gasteiger partial charge in [0.05, 0.1) is 6.61 Å². The van der Waals surface area contributed by atoms with Crippen LogP contribution in [0.3, 0.4) is 0 Å². The Hall–Kier alpha value is -1.84. The van der Waals surface area contributed by atoms with Crippen molar-refractivity contribution in [1.29, 1.82) is 0 Å². The van der Waals surface area contributed by atoms with Gasteiger partial charge in [-0.2, -0.15) is 15.0 Å². The lowest BCUT2D eigenvalue weighted by molar-refractivity contribution is -0.146. The van der Waals surface area contributed by atoms with Gasteiger partial charge in [-0.25, -0.2) is 5.06 Å². The molecule has 9 nitrogen and oxygen atoms in total. The molecule has 1 aromatic heterocycles. The summed E-state index contributed by atoms with van der Waals surface area (Å²) in [6.45, 7) is 2.40. The third kappa shape index (κ3) is 2.37. The minimum absolute atomic E-state index is 0.115. The minimum atomic E-state index is -2.62. The third-order valence-corrected chi connectivity index (χ3v) is 2.17. The predicted molar refractivity (Wildman–Crippen MR) is 59.0 cm³/mol. The van der Waals surface area contributed by atoms with Gasteiger partial charge in [0.2, 0.25) is 5.95 Å². The fourth-order valence-corrected chi connectivity index (χ4v) is 1.38. The van der Waals surface area contributed by atoms with Gasteiger partial charge in [-0.05, 0) is 6.42 Å². The number of fused-ring (bicyclic) bond motifs is 1. The molecule has 98 valence electrons. The average Bonchev–Trinajstić information content (AvgIpc) is 2.61. The van der Waals surface area contributed by atoms with Crippen molar-refractivity contribution in [3.63, 3.8) is 0 Å². The Morgan fingerprint density at radius 2 is 2.17 bits per heavy atom. The number of hydrogen-bond acceptors (Lipinski definition) is 8. The number of nitrogens with one attached hydrogen (secondary N) is 1. The van der Waals surface area contributed by atoms with Gasteiger partial charge in [0.25, 0.3) is 5.56 Å². The van der Waals surface area contributed by atoms with Gasteiger partial charge in [-0.3, -0.25) is 14.6 Å². The summed E-state index contributed by atoms with van der Waals surface area (Å²) in [4.78, 5) is 30.0. The van der Waals surface area contributed by atoms with Gasteiger partial charge in [-0.15, -0.1) is 0 Å². The zero-order valence-electron chi connectivity index (χ0n) is 9.91. The molecule has 9 heteroatoms. The third-order valence-electron chi connectivity index (χ3n) is 2.17. The largest absolute Gasteiger partial charge is 0.376 e. The first-order chi connectivity index (χ1) is 8.43. The zero-order chi connectivity index (χ0) is 13.3. The van der Waals surface area contributed by atoms with Crippen molar-refractivity contribution in [2.75, 3.05) is 18.7 Å². The Labute approximate surface area is 101 Å². The second-order valence-corrected chi connectivity index (χ2v) is 3.72. The highest BCUT2D eigenvalue weighted by molar-refractivity contribution is 5.22. The molecule has 0 fully saturated rings. The van der Waals surface area contributed by atoms with Crippen molar-refractivity contribution in [2.24, 2.45) is 9.98 Å². The monoisotopic (exact) mass is 255 g/mol. The molecule has 1 aliphatic heterocycles. The van der Waals surface area contributed by atoms with E-state index in [2.05, 4.69) is 20.0 Å². The van der Waals surface area contributed by atoms with Gasteiger partial charge < -0.3 is 10.2 Å². The highest BCUT2D eigenvalue weighted by Gasteiger charge is 2.26. The Kier molecular flexibility index (Phi) is 3.11. The summed E-state index contributed by atoms with van der Waals surface area (Å²) in [6.07, 6.45) is 0.801. The highest BCUT2D eigenvalue weighted by atomic mass is 16.7. The lowest BCUT2D eigenvalue weighted by Crippen LogP contribution is -2.43. The van der Waals surface area contributed by atoms with E-state index in [1.165, 1.54) is 5.06 Å². The molecule has 1 aliphatic rings. The molecule has 1 aromatic rings. The zero-order valence-corrected chi connectivity index (χ0v) is 9.91. The predicted octanol–water partition coefficient (Wildman–Crippen LogP) is -2.60. The number of H-pyrrole nitrogens is 1. The topological polar surface area (TPSA) is 123 Å². The summed E-state index contributed by atoms with van der Waals surface area (Å²) in [5.74, 6) is 0.115. The van der Waals surface area contributed by atoms with Crippen LogP contribution in [0, 0.1) is 0 Å². The van der Waals surface area contributed by atoms with Crippen LogP contribution in [-0.4, -0.2) is 39.9 Å². The van der Waals surface area contributed by atoms with E-state index in [1.807, 2.05) is 6.92 Å². The first-order valence-corrected chi connectivity index (χ1v) is 5.34. The summed E-state index contributed by atoms with van der Waals surface area (Å²) in [5, 5.41) is 19.4. The van der Waals surface area contributed by atoms with E-state index in [1.54, 1.807) is 7.05 Å². The second-order valence-electron chi connectivity index (χ2n) is 3.72. The van der Waals surface area contributed by atoms with Gasteiger partial charge >= 0.3 is 6.03 Å². The van der Waals surface area contributed by atoms with Crippen LogP contribution in [0.2, 0.25) is 0 Å². The molecule has 0 unspecified atom stereocenters. The summed E-state index contributed by atoms with van der Waals surface area (Å²) in [7, 11) is 1.57. The fourth-order valence-electron chi connectivity index (χ4n) is 1.38. The fraction of sp³-hybridized carbons (Fsp3) is 0.556. The van der Waals surface area contributed by atoms with Gasteiger partial charge in [-0.1, -0.05) is 6.92 Å². The number of aliphatic hydroxyl groups is 2. The van der Waals surface area contributed by atoms with Crippen molar-refractivity contribution in [1.82, 2.24) is 9.97 Å². The first-order valence-electron chi connectivity index (χ1n) is 5.34. The minimum Gasteiger partial charge on any atom is -0.328 e. The maximum atomic E-state index is 11.6. The van der Waals surface area contributed by atoms with Crippen molar-refractivity contribution in [3.8, 4) is 0 Å². The molecule has 0 aliphatic carbocycles. The molecule has 0 bridgehead atoms. The summed E-state index contributed by atoms with van der Waals surface area (Å²) >= 11 is 0. The SMILES string of the molecule is CCCON(C)c1nc2c(c(=O)[nH]1)=NC(O)(O)N=2. The van der Waals surface area contributed by atoms with Crippen LogP contribution < -0.4 is 21.5 Å². The van der Waals surface area contributed by atoms with E-state index in [0.717, 1.165) is 6.42 Å². The molecule has 0 atom stereocenters. The van der Waals surface area contributed by atoms with Crippen LogP contribution in [0.5, 0.6) is 0 Å². The number of aromatic nitrogens is 2. The van der Waals surface area contributed by atoms with Crippen LogP contribution in [0.1, 0.15) is 13.3 Å². The summed E-state index contributed by atoms with van der Waals surface area (Å²) in [6, 6.07) is -2.62. The Morgan fingerprint density at radius 3 is 2.83 bits per heavy atom. The standard InChI is InChI=1S/C9H13N5O4/c1-3-4-18-14(2)8-10-6-5(7(15)11-8)12-9(16,17)13-6/h16-17H,3-4H2,1-2H3,(H,10,11,13,15). The van der Waals surface area contributed by atoms with Crippen LogP contribution in [-0.2, 0) is 4.84 Å². The van der Waals surface area contributed by atoms with Crippen LogP contribution in [0.4, 0.5) is 5.95 Å². The molecular formula is C9H13N5O4. The molecule has 0 saturated heterocycles. The lowest BCUT2D eigenvalue weighted by Gasteiger charge is -2.15. The molecule has 2 heterocycles. The van der Waals surface area contributed by atoms with Gasteiger partial charge in [0.15, 0.2) is 10.8 Å². The number of hydrogen-bond donors (Lipinski definition) is 3. The number of aromatic amines is 1. The van der Waals surface area contributed by atoms with Crippen LogP contribution >= 0.6 is 0 Å². The molecule has 0 radical (unpaired) electrons. The van der Waals surface area contributed by atoms with E-state index in [9.17, 15) is 15.0 Å². The maximum absolute atomic E-state index is 11.6. The summed E-state index contributed by atoms with van der Waals surface area (Å²) < 4.78 is 0. The van der Waals surface area contributed by atoms with E-state index in [0.29, 0.717) is 6.61 Å². The smallest absolute Gasteiger partial charge is 0.328 e. The molecule has 3 N–H and O–H groups in total. The molecule has 2 rings (SSSR count). The Balaban J connectivity index is 2.43.